The molecule has 3 aromatic carbocycles. The molecule has 2 N–H and O–H groups in total. The van der Waals surface area contributed by atoms with Crippen molar-refractivity contribution in [2.24, 2.45) is 0 Å². The van der Waals surface area contributed by atoms with E-state index in [9.17, 15) is 4.79 Å². The van der Waals surface area contributed by atoms with Crippen molar-refractivity contribution in [3.05, 3.63) is 96.6 Å². The maximum absolute atomic E-state index is 12.6. The minimum atomic E-state index is -0.0894. The maximum atomic E-state index is 12.6. The predicted octanol–water partition coefficient (Wildman–Crippen LogP) is 5.21. The average Bonchev–Trinajstić information content (AvgIpc) is 3.54. The molecule has 0 atom stereocenters. The molecule has 34 heavy (non-hydrogen) atoms. The van der Waals surface area contributed by atoms with E-state index in [1.807, 2.05) is 77.5 Å². The summed E-state index contributed by atoms with van der Waals surface area (Å²) in [6, 6.07) is 21.5. The van der Waals surface area contributed by atoms with Gasteiger partial charge in [-0.05, 0) is 66.6 Å². The normalized spacial score (nSPS) is 10.9. The fraction of sp³-hybridized carbons (Fsp3) is 0.115. The summed E-state index contributed by atoms with van der Waals surface area (Å²) in [5, 5.41) is 7.12. The van der Waals surface area contributed by atoms with Gasteiger partial charge in [0.1, 0.15) is 5.75 Å². The lowest BCUT2D eigenvalue weighted by molar-refractivity contribution is 0.0954. The second-order valence-corrected chi connectivity index (χ2v) is 8.73. The third-order valence-electron chi connectivity index (χ3n) is 5.43. The highest BCUT2D eigenvalue weighted by Gasteiger charge is 2.10. The van der Waals surface area contributed by atoms with Gasteiger partial charge in [-0.25, -0.2) is 9.97 Å². The molecule has 0 radical (unpaired) electrons. The lowest BCUT2D eigenvalue weighted by Crippen LogP contribution is -2.25. The number of carbonyl (C=O) groups excluding carboxylic acids is 1. The minimum absolute atomic E-state index is 0.0894. The number of fused-ring (bicyclic) bond motifs is 1. The summed E-state index contributed by atoms with van der Waals surface area (Å²) in [5.41, 5.74) is 4.61. The van der Waals surface area contributed by atoms with Crippen LogP contribution in [0.15, 0.2) is 85.5 Å². The van der Waals surface area contributed by atoms with E-state index >= 15 is 0 Å². The van der Waals surface area contributed by atoms with Gasteiger partial charge in [0, 0.05) is 35.9 Å². The van der Waals surface area contributed by atoms with E-state index in [2.05, 4.69) is 20.6 Å². The Morgan fingerprint density at radius 2 is 1.88 bits per heavy atom. The van der Waals surface area contributed by atoms with Crippen LogP contribution in [-0.4, -0.2) is 34.1 Å². The molecule has 0 fully saturated rings. The lowest BCUT2D eigenvalue weighted by Gasteiger charge is -2.06. The molecule has 0 aliphatic heterocycles. The maximum Gasteiger partial charge on any atom is 0.251 e. The Bertz CT molecular complexity index is 1390. The molecule has 7 nitrogen and oxygen atoms in total. The Labute approximate surface area is 201 Å². The molecule has 170 valence electrons. The molecule has 1 amide bonds. The second-order valence-electron chi connectivity index (χ2n) is 7.70. The Morgan fingerprint density at radius 1 is 1.06 bits per heavy atom. The number of ether oxygens (including phenoxy) is 1. The largest absolute Gasteiger partial charge is 0.497 e. The number of carbonyl (C=O) groups is 1. The van der Waals surface area contributed by atoms with Crippen LogP contribution in [0.25, 0.3) is 15.9 Å². The summed E-state index contributed by atoms with van der Waals surface area (Å²) in [5.74, 6) is 0.736. The summed E-state index contributed by atoms with van der Waals surface area (Å²) in [6.45, 7) is 0.563. The topological polar surface area (TPSA) is 81.1 Å². The van der Waals surface area contributed by atoms with Crippen molar-refractivity contribution in [1.82, 2.24) is 19.9 Å². The van der Waals surface area contributed by atoms with E-state index in [1.165, 1.54) is 11.3 Å². The average molecular weight is 470 g/mol. The molecule has 5 rings (SSSR count). The number of methoxy groups -OCH3 is 1. The molecule has 0 saturated heterocycles. The third-order valence-corrected chi connectivity index (χ3v) is 6.36. The van der Waals surface area contributed by atoms with E-state index < -0.39 is 0 Å². The SMILES string of the molecule is COc1ccc(CCNC(=O)c2ccc3nc(Nc4ccc(-n5ccnc5)cc4)sc3c2)cc1. The summed E-state index contributed by atoms with van der Waals surface area (Å²) in [4.78, 5) is 21.4. The van der Waals surface area contributed by atoms with Crippen molar-refractivity contribution >= 4 is 38.3 Å². The van der Waals surface area contributed by atoms with Crippen molar-refractivity contribution < 1.29 is 9.53 Å². The van der Waals surface area contributed by atoms with Crippen molar-refractivity contribution in [3.63, 3.8) is 0 Å². The first-order valence-corrected chi connectivity index (χ1v) is 11.7. The fourth-order valence-corrected chi connectivity index (χ4v) is 4.51. The molecule has 2 heterocycles. The van der Waals surface area contributed by atoms with Gasteiger partial charge < -0.3 is 19.9 Å². The van der Waals surface area contributed by atoms with Crippen LogP contribution in [0, 0.1) is 0 Å². The van der Waals surface area contributed by atoms with Crippen LogP contribution in [-0.2, 0) is 6.42 Å². The van der Waals surface area contributed by atoms with Crippen LogP contribution in [0.2, 0.25) is 0 Å². The molecule has 8 heteroatoms. The third kappa shape index (κ3) is 4.92. The standard InChI is InChI=1S/C26H23N5O2S/c1-33-22-9-2-18(3-10-22)12-13-28-25(32)19-4-11-23-24(16-19)34-26(30-23)29-20-5-7-21(8-6-20)31-15-14-27-17-31/h2-11,14-17H,12-13H2,1H3,(H,28,32)(H,29,30). The Balaban J connectivity index is 1.21. The number of thiazole rings is 1. The quantitative estimate of drug-likeness (QED) is 0.326. The van der Waals surface area contributed by atoms with Crippen LogP contribution in [0.3, 0.4) is 0 Å². The van der Waals surface area contributed by atoms with Crippen LogP contribution >= 0.6 is 11.3 Å². The predicted molar refractivity (Wildman–Crippen MR) is 135 cm³/mol. The van der Waals surface area contributed by atoms with Crippen LogP contribution in [0.5, 0.6) is 5.75 Å². The summed E-state index contributed by atoms with van der Waals surface area (Å²) < 4.78 is 8.09. The zero-order chi connectivity index (χ0) is 23.3. The number of amides is 1. The molecule has 0 bridgehead atoms. The van der Waals surface area contributed by atoms with Gasteiger partial charge in [-0.15, -0.1) is 0 Å². The van der Waals surface area contributed by atoms with Crippen molar-refractivity contribution in [2.45, 2.75) is 6.42 Å². The molecule has 0 unspecified atom stereocenters. The number of hydrogen-bond acceptors (Lipinski definition) is 6. The smallest absolute Gasteiger partial charge is 0.251 e. The Hall–Kier alpha value is -4.17. The highest BCUT2D eigenvalue weighted by molar-refractivity contribution is 7.22. The van der Waals surface area contributed by atoms with Crippen molar-refractivity contribution in [2.75, 3.05) is 19.0 Å². The molecule has 0 aliphatic carbocycles. The molecular weight excluding hydrogens is 446 g/mol. The molecular formula is C26H23N5O2S. The first-order valence-electron chi connectivity index (χ1n) is 10.8. The second kappa shape index (κ2) is 9.76. The van der Waals surface area contributed by atoms with Gasteiger partial charge in [0.15, 0.2) is 5.13 Å². The first kappa shape index (κ1) is 21.7. The van der Waals surface area contributed by atoms with E-state index in [0.29, 0.717) is 12.1 Å². The minimum Gasteiger partial charge on any atom is -0.497 e. The number of nitrogens with one attached hydrogen (secondary N) is 2. The van der Waals surface area contributed by atoms with E-state index in [1.54, 1.807) is 19.6 Å². The van der Waals surface area contributed by atoms with E-state index in [0.717, 1.165) is 44.5 Å². The van der Waals surface area contributed by atoms with Gasteiger partial charge in [0.2, 0.25) is 0 Å². The van der Waals surface area contributed by atoms with Gasteiger partial charge >= 0.3 is 0 Å². The van der Waals surface area contributed by atoms with Crippen LogP contribution in [0.4, 0.5) is 10.8 Å². The van der Waals surface area contributed by atoms with E-state index in [-0.39, 0.29) is 5.91 Å². The monoisotopic (exact) mass is 469 g/mol. The highest BCUT2D eigenvalue weighted by Crippen LogP contribution is 2.29. The molecule has 2 aromatic heterocycles. The number of anilines is 2. The summed E-state index contributed by atoms with van der Waals surface area (Å²) in [7, 11) is 1.65. The van der Waals surface area contributed by atoms with Gasteiger partial charge in [0.05, 0.1) is 23.7 Å². The zero-order valence-electron chi connectivity index (χ0n) is 18.6. The Morgan fingerprint density at radius 3 is 2.62 bits per heavy atom. The number of aromatic nitrogens is 3. The fourth-order valence-electron chi connectivity index (χ4n) is 3.59. The summed E-state index contributed by atoms with van der Waals surface area (Å²) in [6.07, 6.45) is 6.18. The zero-order valence-corrected chi connectivity index (χ0v) is 19.4. The number of hydrogen-bond donors (Lipinski definition) is 2. The van der Waals surface area contributed by atoms with E-state index in [4.69, 9.17) is 4.74 Å². The number of rotatable bonds is 8. The number of benzene rings is 3. The molecule has 0 saturated carbocycles. The van der Waals surface area contributed by atoms with Gasteiger partial charge in [-0.1, -0.05) is 23.5 Å². The van der Waals surface area contributed by atoms with Crippen LogP contribution < -0.4 is 15.4 Å². The highest BCUT2D eigenvalue weighted by atomic mass is 32.1. The van der Waals surface area contributed by atoms with Gasteiger partial charge in [0.25, 0.3) is 5.91 Å². The van der Waals surface area contributed by atoms with Crippen molar-refractivity contribution in [3.8, 4) is 11.4 Å². The van der Waals surface area contributed by atoms with Crippen LogP contribution in [0.1, 0.15) is 15.9 Å². The van der Waals surface area contributed by atoms with Gasteiger partial charge in [-0.2, -0.15) is 0 Å². The van der Waals surface area contributed by atoms with Gasteiger partial charge in [-0.3, -0.25) is 4.79 Å². The number of nitrogens with zero attached hydrogens (tertiary/aromatic N) is 3. The molecule has 0 spiro atoms. The lowest BCUT2D eigenvalue weighted by atomic mass is 10.1. The molecule has 5 aromatic rings. The summed E-state index contributed by atoms with van der Waals surface area (Å²) >= 11 is 1.52. The van der Waals surface area contributed by atoms with Crippen molar-refractivity contribution in [1.29, 1.82) is 0 Å². The first-order chi connectivity index (χ1) is 16.7. The Kier molecular flexibility index (Phi) is 6.22. The number of imidazole rings is 1. The molecule has 0 aliphatic rings.